The zero-order chi connectivity index (χ0) is 11.7. The second-order valence-electron chi connectivity index (χ2n) is 4.27. The van der Waals surface area contributed by atoms with Crippen molar-refractivity contribution in [2.24, 2.45) is 0 Å². The average Bonchev–Trinajstić information content (AvgIpc) is 2.81. The van der Waals surface area contributed by atoms with Gasteiger partial charge in [-0.3, -0.25) is 0 Å². The van der Waals surface area contributed by atoms with E-state index in [-0.39, 0.29) is 12.1 Å². The number of aliphatic hydroxyl groups excluding tert-OH is 1. The Morgan fingerprint density at radius 2 is 2.35 bits per heavy atom. The number of aliphatic hydroxyl groups is 1. The first-order chi connectivity index (χ1) is 8.34. The number of hydrogen-bond acceptors (Lipinski definition) is 5. The normalized spacial score (nSPS) is 25.0. The van der Waals surface area contributed by atoms with Crippen molar-refractivity contribution < 1.29 is 5.11 Å². The third kappa shape index (κ3) is 1.96. The summed E-state index contributed by atoms with van der Waals surface area (Å²) >= 11 is 0. The molecule has 0 bridgehead atoms. The summed E-state index contributed by atoms with van der Waals surface area (Å²) < 4.78 is 0. The first-order valence-electron chi connectivity index (χ1n) is 5.78. The Morgan fingerprint density at radius 1 is 1.41 bits per heavy atom. The molecule has 0 aliphatic carbocycles. The molecule has 90 valence electrons. The fraction of sp³-hybridized carbons (Fsp3) is 0.455. The van der Waals surface area contributed by atoms with Gasteiger partial charge in [-0.1, -0.05) is 0 Å². The van der Waals surface area contributed by atoms with Crippen LogP contribution in [0.15, 0.2) is 18.6 Å². The number of fused-ring (bicyclic) bond motifs is 1. The van der Waals surface area contributed by atoms with Crippen LogP contribution in [0.25, 0.3) is 11.0 Å². The molecule has 0 radical (unpaired) electrons. The Balaban J connectivity index is 1.86. The highest BCUT2D eigenvalue weighted by Gasteiger charge is 2.23. The zero-order valence-electron chi connectivity index (χ0n) is 9.35. The SMILES string of the molecule is OC1CCNCC1Nc1ncnc2[nH]ccc12. The maximum Gasteiger partial charge on any atom is 0.142 e. The van der Waals surface area contributed by atoms with Crippen molar-refractivity contribution in [2.75, 3.05) is 18.4 Å². The van der Waals surface area contributed by atoms with Crippen LogP contribution in [0.4, 0.5) is 5.82 Å². The van der Waals surface area contributed by atoms with Gasteiger partial charge in [-0.2, -0.15) is 0 Å². The molecule has 0 spiro atoms. The van der Waals surface area contributed by atoms with Gasteiger partial charge in [-0.05, 0) is 19.0 Å². The van der Waals surface area contributed by atoms with E-state index in [0.29, 0.717) is 0 Å². The number of piperidine rings is 1. The van der Waals surface area contributed by atoms with Gasteiger partial charge >= 0.3 is 0 Å². The molecule has 1 aliphatic rings. The number of aromatic nitrogens is 3. The van der Waals surface area contributed by atoms with Gasteiger partial charge in [0.05, 0.1) is 17.5 Å². The van der Waals surface area contributed by atoms with Gasteiger partial charge in [0.1, 0.15) is 17.8 Å². The highest BCUT2D eigenvalue weighted by Crippen LogP contribution is 2.19. The predicted octanol–water partition coefficient (Wildman–Crippen LogP) is 0.0926. The third-order valence-electron chi connectivity index (χ3n) is 3.12. The first kappa shape index (κ1) is 10.5. The molecule has 1 aliphatic heterocycles. The van der Waals surface area contributed by atoms with Crippen LogP contribution in [-0.2, 0) is 0 Å². The number of H-pyrrole nitrogens is 1. The van der Waals surface area contributed by atoms with Crippen LogP contribution in [0, 0.1) is 0 Å². The van der Waals surface area contributed by atoms with E-state index in [2.05, 4.69) is 25.6 Å². The Labute approximate surface area is 98.5 Å². The summed E-state index contributed by atoms with van der Waals surface area (Å²) in [5.74, 6) is 0.768. The van der Waals surface area contributed by atoms with Crippen molar-refractivity contribution in [3.63, 3.8) is 0 Å². The highest BCUT2D eigenvalue weighted by atomic mass is 16.3. The summed E-state index contributed by atoms with van der Waals surface area (Å²) in [4.78, 5) is 11.4. The second-order valence-corrected chi connectivity index (χ2v) is 4.27. The van der Waals surface area contributed by atoms with Crippen molar-refractivity contribution >= 4 is 16.9 Å². The predicted molar refractivity (Wildman–Crippen MR) is 64.8 cm³/mol. The Morgan fingerprint density at radius 3 is 3.24 bits per heavy atom. The third-order valence-corrected chi connectivity index (χ3v) is 3.12. The van der Waals surface area contributed by atoms with Crippen LogP contribution in [0.1, 0.15) is 6.42 Å². The standard InChI is InChI=1S/C11H15N5O/c17-9-2-3-12-5-8(9)16-11-7-1-4-13-10(7)14-6-15-11/h1,4,6,8-9,12,17H,2-3,5H2,(H2,13,14,15,16). The topological polar surface area (TPSA) is 85.9 Å². The van der Waals surface area contributed by atoms with Crippen molar-refractivity contribution in [3.05, 3.63) is 18.6 Å². The molecule has 2 unspecified atom stereocenters. The van der Waals surface area contributed by atoms with Gasteiger partial charge in [0, 0.05) is 12.7 Å². The summed E-state index contributed by atoms with van der Waals surface area (Å²) in [6, 6.07) is 1.93. The van der Waals surface area contributed by atoms with E-state index in [1.807, 2.05) is 12.3 Å². The molecule has 3 rings (SSSR count). The Hall–Kier alpha value is -1.66. The van der Waals surface area contributed by atoms with Crippen LogP contribution < -0.4 is 10.6 Å². The van der Waals surface area contributed by atoms with Gasteiger partial charge in [0.2, 0.25) is 0 Å². The van der Waals surface area contributed by atoms with Gasteiger partial charge in [-0.15, -0.1) is 0 Å². The van der Waals surface area contributed by atoms with Crippen LogP contribution >= 0.6 is 0 Å². The van der Waals surface area contributed by atoms with E-state index in [0.717, 1.165) is 36.4 Å². The molecule has 3 heterocycles. The minimum atomic E-state index is -0.333. The lowest BCUT2D eigenvalue weighted by Crippen LogP contribution is -2.48. The quantitative estimate of drug-likeness (QED) is 0.591. The van der Waals surface area contributed by atoms with E-state index < -0.39 is 0 Å². The largest absolute Gasteiger partial charge is 0.391 e. The average molecular weight is 233 g/mol. The molecule has 2 atom stereocenters. The molecule has 2 aromatic rings. The number of nitrogens with zero attached hydrogens (tertiary/aromatic N) is 2. The highest BCUT2D eigenvalue weighted by molar-refractivity contribution is 5.86. The minimum Gasteiger partial charge on any atom is -0.391 e. The lowest BCUT2D eigenvalue weighted by molar-refractivity contribution is 0.124. The molecule has 0 saturated carbocycles. The van der Waals surface area contributed by atoms with Crippen LogP contribution in [0.3, 0.4) is 0 Å². The van der Waals surface area contributed by atoms with Crippen LogP contribution in [-0.4, -0.2) is 45.3 Å². The number of aromatic amines is 1. The Kier molecular flexibility index (Phi) is 2.66. The van der Waals surface area contributed by atoms with Crippen molar-refractivity contribution in [1.29, 1.82) is 0 Å². The van der Waals surface area contributed by atoms with Crippen molar-refractivity contribution in [3.8, 4) is 0 Å². The van der Waals surface area contributed by atoms with Gasteiger partial charge in [0.15, 0.2) is 0 Å². The van der Waals surface area contributed by atoms with Crippen LogP contribution in [0.5, 0.6) is 0 Å². The van der Waals surface area contributed by atoms with Gasteiger partial charge < -0.3 is 20.7 Å². The lowest BCUT2D eigenvalue weighted by Gasteiger charge is -2.29. The molecule has 1 saturated heterocycles. The maximum atomic E-state index is 9.90. The number of anilines is 1. The monoisotopic (exact) mass is 233 g/mol. The summed E-state index contributed by atoms with van der Waals surface area (Å²) in [5.41, 5.74) is 0.806. The first-order valence-corrected chi connectivity index (χ1v) is 5.78. The van der Waals surface area contributed by atoms with Crippen LogP contribution in [0.2, 0.25) is 0 Å². The van der Waals surface area contributed by atoms with Gasteiger partial charge in [-0.25, -0.2) is 9.97 Å². The Bertz CT molecular complexity index is 511. The number of nitrogens with one attached hydrogen (secondary N) is 3. The molecule has 4 N–H and O–H groups in total. The number of hydrogen-bond donors (Lipinski definition) is 4. The van der Waals surface area contributed by atoms with Gasteiger partial charge in [0.25, 0.3) is 0 Å². The molecule has 6 nitrogen and oxygen atoms in total. The molecule has 1 fully saturated rings. The summed E-state index contributed by atoms with van der Waals surface area (Å²) in [7, 11) is 0. The smallest absolute Gasteiger partial charge is 0.142 e. The minimum absolute atomic E-state index is 0.00301. The summed E-state index contributed by atoms with van der Waals surface area (Å²) in [6.45, 7) is 1.61. The molecule has 2 aromatic heterocycles. The fourth-order valence-corrected chi connectivity index (χ4v) is 2.15. The van der Waals surface area contributed by atoms with E-state index >= 15 is 0 Å². The summed E-state index contributed by atoms with van der Waals surface area (Å²) in [6.07, 6.45) is 3.78. The molecule has 17 heavy (non-hydrogen) atoms. The van der Waals surface area contributed by atoms with E-state index in [1.54, 1.807) is 0 Å². The molecular formula is C11H15N5O. The van der Waals surface area contributed by atoms with E-state index in [1.165, 1.54) is 6.33 Å². The van der Waals surface area contributed by atoms with E-state index in [9.17, 15) is 5.11 Å². The molecule has 0 aromatic carbocycles. The second kappa shape index (κ2) is 4.31. The molecule has 6 heteroatoms. The molecular weight excluding hydrogens is 218 g/mol. The zero-order valence-corrected chi connectivity index (χ0v) is 9.35. The lowest BCUT2D eigenvalue weighted by atomic mass is 10.0. The molecule has 0 amide bonds. The van der Waals surface area contributed by atoms with Crippen molar-refractivity contribution in [2.45, 2.75) is 18.6 Å². The maximum absolute atomic E-state index is 9.90. The summed E-state index contributed by atoms with van der Waals surface area (Å²) in [5, 5.41) is 17.4. The number of rotatable bonds is 2. The van der Waals surface area contributed by atoms with Crippen molar-refractivity contribution in [1.82, 2.24) is 20.3 Å². The van der Waals surface area contributed by atoms with E-state index in [4.69, 9.17) is 0 Å². The fourth-order valence-electron chi connectivity index (χ4n) is 2.15.